The maximum atomic E-state index is 12.6. The summed E-state index contributed by atoms with van der Waals surface area (Å²) in [6.45, 7) is 4.33. The molecule has 0 spiro atoms. The van der Waals surface area contributed by atoms with Gasteiger partial charge in [0.2, 0.25) is 0 Å². The quantitative estimate of drug-likeness (QED) is 0.785. The van der Waals surface area contributed by atoms with Gasteiger partial charge in [0.25, 0.3) is 5.91 Å². The van der Waals surface area contributed by atoms with Crippen molar-refractivity contribution in [3.8, 4) is 0 Å². The molecule has 4 rings (SSSR count). The number of nitrogens with zero attached hydrogens (tertiary/aromatic N) is 3. The Hall–Kier alpha value is -1.24. The molecule has 0 saturated carbocycles. The molecule has 0 bridgehead atoms. The van der Waals surface area contributed by atoms with Crippen LogP contribution in [0, 0.1) is 0 Å². The first-order chi connectivity index (χ1) is 11.7. The van der Waals surface area contributed by atoms with Crippen LogP contribution in [0.25, 0.3) is 0 Å². The highest BCUT2D eigenvalue weighted by molar-refractivity contribution is 9.10. The minimum atomic E-state index is 0.121. The molecule has 1 aliphatic carbocycles. The lowest BCUT2D eigenvalue weighted by atomic mass is 10.2. The van der Waals surface area contributed by atoms with E-state index in [0.717, 1.165) is 49.2 Å². The third kappa shape index (κ3) is 3.27. The largest absolute Gasteiger partial charge is 0.336 e. The Labute approximate surface area is 154 Å². The SMILES string of the molecule is O=C(c1ccccc1Br)N1CCN(Cc2nc3c(s2)CCC3)CC1. The number of halogens is 1. The zero-order chi connectivity index (χ0) is 16.5. The molecule has 6 heteroatoms. The van der Waals surface area contributed by atoms with Gasteiger partial charge in [-0.2, -0.15) is 0 Å². The predicted molar refractivity (Wildman–Crippen MR) is 99.5 cm³/mol. The maximum Gasteiger partial charge on any atom is 0.255 e. The highest BCUT2D eigenvalue weighted by Gasteiger charge is 2.24. The number of amides is 1. The van der Waals surface area contributed by atoms with E-state index in [1.807, 2.05) is 40.5 Å². The second kappa shape index (κ2) is 6.94. The van der Waals surface area contributed by atoms with E-state index in [9.17, 15) is 4.79 Å². The molecule has 1 aromatic carbocycles. The summed E-state index contributed by atoms with van der Waals surface area (Å²) in [6.07, 6.45) is 3.63. The first-order valence-corrected chi connectivity index (χ1v) is 10.1. The van der Waals surface area contributed by atoms with Crippen LogP contribution >= 0.6 is 27.3 Å². The summed E-state index contributed by atoms with van der Waals surface area (Å²) in [6, 6.07) is 7.65. The van der Waals surface area contributed by atoms with Gasteiger partial charge in [0.1, 0.15) is 5.01 Å². The van der Waals surface area contributed by atoms with Crippen LogP contribution < -0.4 is 0 Å². The molecule has 1 fully saturated rings. The Morgan fingerprint density at radius 3 is 2.71 bits per heavy atom. The van der Waals surface area contributed by atoms with Gasteiger partial charge in [-0.25, -0.2) is 4.98 Å². The summed E-state index contributed by atoms with van der Waals surface area (Å²) in [5.41, 5.74) is 2.08. The van der Waals surface area contributed by atoms with Crippen molar-refractivity contribution in [2.24, 2.45) is 0 Å². The Bertz CT molecular complexity index is 731. The Morgan fingerprint density at radius 1 is 1.17 bits per heavy atom. The number of fused-ring (bicyclic) bond motifs is 1. The third-order valence-electron chi connectivity index (χ3n) is 4.76. The third-order valence-corrected chi connectivity index (χ3v) is 6.60. The molecule has 126 valence electrons. The normalized spacial score (nSPS) is 18.0. The van der Waals surface area contributed by atoms with Crippen LogP contribution in [0.1, 0.15) is 32.4 Å². The molecule has 1 saturated heterocycles. The summed E-state index contributed by atoms with van der Waals surface area (Å²) in [7, 11) is 0. The van der Waals surface area contributed by atoms with Crippen LogP contribution in [0.15, 0.2) is 28.7 Å². The van der Waals surface area contributed by atoms with Gasteiger partial charge in [-0.3, -0.25) is 9.69 Å². The van der Waals surface area contributed by atoms with Gasteiger partial charge < -0.3 is 4.90 Å². The lowest BCUT2D eigenvalue weighted by Gasteiger charge is -2.34. The number of aromatic nitrogens is 1. The predicted octanol–water partition coefficient (Wildman–Crippen LogP) is 3.35. The van der Waals surface area contributed by atoms with E-state index in [2.05, 4.69) is 20.8 Å². The fraction of sp³-hybridized carbons (Fsp3) is 0.444. The van der Waals surface area contributed by atoms with Gasteiger partial charge in [-0.15, -0.1) is 11.3 Å². The first kappa shape index (κ1) is 16.2. The van der Waals surface area contributed by atoms with Gasteiger partial charge >= 0.3 is 0 Å². The lowest BCUT2D eigenvalue weighted by Crippen LogP contribution is -2.48. The molecule has 4 nitrogen and oxygen atoms in total. The van der Waals surface area contributed by atoms with E-state index in [1.165, 1.54) is 28.4 Å². The number of aryl methyl sites for hydroxylation is 2. The molecule has 0 N–H and O–H groups in total. The first-order valence-electron chi connectivity index (χ1n) is 8.44. The number of benzene rings is 1. The van der Waals surface area contributed by atoms with E-state index in [1.54, 1.807) is 0 Å². The molecule has 2 heterocycles. The number of hydrogen-bond donors (Lipinski definition) is 0. The number of thiazole rings is 1. The average Bonchev–Trinajstić information content (AvgIpc) is 3.17. The van der Waals surface area contributed by atoms with Crippen molar-refractivity contribution in [1.29, 1.82) is 0 Å². The zero-order valence-electron chi connectivity index (χ0n) is 13.5. The summed E-state index contributed by atoms with van der Waals surface area (Å²) >= 11 is 5.36. The molecule has 2 aliphatic rings. The van der Waals surface area contributed by atoms with Crippen molar-refractivity contribution < 1.29 is 4.79 Å². The molecular weight excluding hydrogens is 386 g/mol. The number of carbonyl (C=O) groups is 1. The van der Waals surface area contributed by atoms with Crippen LogP contribution in [0.4, 0.5) is 0 Å². The Kier molecular flexibility index (Phi) is 4.70. The Morgan fingerprint density at radius 2 is 1.96 bits per heavy atom. The molecule has 1 amide bonds. The van der Waals surface area contributed by atoms with Crippen molar-refractivity contribution in [2.75, 3.05) is 26.2 Å². The lowest BCUT2D eigenvalue weighted by molar-refractivity contribution is 0.0627. The summed E-state index contributed by atoms with van der Waals surface area (Å²) in [4.78, 5) is 23.3. The number of rotatable bonds is 3. The molecule has 0 unspecified atom stereocenters. The molecule has 1 aliphatic heterocycles. The second-order valence-electron chi connectivity index (χ2n) is 6.38. The van der Waals surface area contributed by atoms with Crippen molar-refractivity contribution in [3.05, 3.63) is 49.9 Å². The minimum Gasteiger partial charge on any atom is -0.336 e. The average molecular weight is 406 g/mol. The fourth-order valence-electron chi connectivity index (χ4n) is 3.42. The van der Waals surface area contributed by atoms with Crippen molar-refractivity contribution in [3.63, 3.8) is 0 Å². The number of carbonyl (C=O) groups excluding carboxylic acids is 1. The smallest absolute Gasteiger partial charge is 0.255 e. The van der Waals surface area contributed by atoms with Crippen LogP contribution in [0.5, 0.6) is 0 Å². The molecule has 24 heavy (non-hydrogen) atoms. The molecular formula is C18H20BrN3OS. The van der Waals surface area contributed by atoms with E-state index in [0.29, 0.717) is 0 Å². The van der Waals surface area contributed by atoms with E-state index in [4.69, 9.17) is 4.98 Å². The van der Waals surface area contributed by atoms with Crippen molar-refractivity contribution >= 4 is 33.2 Å². The Balaban J connectivity index is 1.34. The fourth-order valence-corrected chi connectivity index (χ4v) is 5.07. The monoisotopic (exact) mass is 405 g/mol. The number of piperazine rings is 1. The van der Waals surface area contributed by atoms with Gasteiger partial charge in [-0.1, -0.05) is 12.1 Å². The van der Waals surface area contributed by atoms with Gasteiger partial charge in [0.05, 0.1) is 17.8 Å². The van der Waals surface area contributed by atoms with E-state index >= 15 is 0 Å². The standard InChI is InChI=1S/C18H20BrN3OS/c19-14-5-2-1-4-13(14)18(23)22-10-8-21(9-11-22)12-17-20-15-6-3-7-16(15)24-17/h1-2,4-5H,3,6-12H2. The van der Waals surface area contributed by atoms with Crippen LogP contribution in [-0.4, -0.2) is 46.9 Å². The molecule has 2 aromatic rings. The minimum absolute atomic E-state index is 0.121. The summed E-state index contributed by atoms with van der Waals surface area (Å²) < 4.78 is 0.870. The van der Waals surface area contributed by atoms with Crippen LogP contribution in [0.2, 0.25) is 0 Å². The zero-order valence-corrected chi connectivity index (χ0v) is 15.9. The van der Waals surface area contributed by atoms with E-state index < -0.39 is 0 Å². The van der Waals surface area contributed by atoms with Gasteiger partial charge in [-0.05, 0) is 47.3 Å². The van der Waals surface area contributed by atoms with Crippen LogP contribution in [0.3, 0.4) is 0 Å². The highest BCUT2D eigenvalue weighted by Crippen LogP contribution is 2.28. The number of hydrogen-bond acceptors (Lipinski definition) is 4. The molecule has 0 atom stereocenters. The molecule has 0 radical (unpaired) electrons. The second-order valence-corrected chi connectivity index (χ2v) is 8.40. The van der Waals surface area contributed by atoms with Crippen molar-refractivity contribution in [1.82, 2.24) is 14.8 Å². The topological polar surface area (TPSA) is 36.4 Å². The van der Waals surface area contributed by atoms with Crippen LogP contribution in [-0.2, 0) is 19.4 Å². The highest BCUT2D eigenvalue weighted by atomic mass is 79.9. The van der Waals surface area contributed by atoms with Gasteiger partial charge in [0.15, 0.2) is 0 Å². The van der Waals surface area contributed by atoms with E-state index in [-0.39, 0.29) is 5.91 Å². The summed E-state index contributed by atoms with van der Waals surface area (Å²) in [5.74, 6) is 0.121. The molecule has 1 aromatic heterocycles. The maximum absolute atomic E-state index is 12.6. The summed E-state index contributed by atoms with van der Waals surface area (Å²) in [5, 5.41) is 1.24. The van der Waals surface area contributed by atoms with Gasteiger partial charge in [0, 0.05) is 35.5 Å². The van der Waals surface area contributed by atoms with Crippen molar-refractivity contribution in [2.45, 2.75) is 25.8 Å².